The van der Waals surface area contributed by atoms with Crippen molar-refractivity contribution in [1.82, 2.24) is 5.32 Å². The monoisotopic (exact) mass is 285 g/mol. The van der Waals surface area contributed by atoms with E-state index in [4.69, 9.17) is 4.74 Å². The third-order valence-corrected chi connectivity index (χ3v) is 4.71. The first-order chi connectivity index (χ1) is 10.2. The zero-order valence-electron chi connectivity index (χ0n) is 12.7. The lowest BCUT2D eigenvalue weighted by atomic mass is 9.76. The molecule has 2 N–H and O–H groups in total. The summed E-state index contributed by atoms with van der Waals surface area (Å²) >= 11 is 0. The van der Waals surface area contributed by atoms with Gasteiger partial charge in [-0.25, -0.2) is 0 Å². The molecule has 0 aromatic heterocycles. The molecule has 112 valence electrons. The van der Waals surface area contributed by atoms with Crippen molar-refractivity contribution in [1.29, 1.82) is 0 Å². The Bertz CT molecular complexity index is 629. The average molecular weight is 285 g/mol. The van der Waals surface area contributed by atoms with Crippen LogP contribution in [0, 0.1) is 0 Å². The molecule has 2 aromatic rings. The number of benzene rings is 2. The molecule has 1 aliphatic rings. The highest BCUT2D eigenvalue weighted by molar-refractivity contribution is 5.84. The summed E-state index contributed by atoms with van der Waals surface area (Å²) in [5.74, 6) is 0.884. The van der Waals surface area contributed by atoms with E-state index in [0.29, 0.717) is 0 Å². The zero-order valence-corrected chi connectivity index (χ0v) is 12.7. The smallest absolute Gasteiger partial charge is 0.119 e. The van der Waals surface area contributed by atoms with Gasteiger partial charge in [-0.15, -0.1) is 0 Å². The third-order valence-electron chi connectivity index (χ3n) is 4.71. The highest BCUT2D eigenvalue weighted by Gasteiger charge is 2.37. The Balaban J connectivity index is 1.83. The Morgan fingerprint density at radius 3 is 2.52 bits per heavy atom. The predicted molar refractivity (Wildman–Crippen MR) is 85.7 cm³/mol. The Morgan fingerprint density at radius 2 is 1.90 bits per heavy atom. The summed E-state index contributed by atoms with van der Waals surface area (Å²) in [4.78, 5) is 0. The molecule has 2 aromatic carbocycles. The van der Waals surface area contributed by atoms with Crippen molar-refractivity contribution >= 4 is 10.8 Å². The van der Waals surface area contributed by atoms with E-state index >= 15 is 0 Å². The summed E-state index contributed by atoms with van der Waals surface area (Å²) in [6.45, 7) is 2.39. The molecule has 1 unspecified atom stereocenters. The van der Waals surface area contributed by atoms with Crippen LogP contribution in [0.1, 0.15) is 37.8 Å². The molecule has 0 aliphatic heterocycles. The number of methoxy groups -OCH3 is 1. The van der Waals surface area contributed by atoms with Crippen LogP contribution in [0.3, 0.4) is 0 Å². The van der Waals surface area contributed by atoms with Crippen LogP contribution in [0.15, 0.2) is 36.4 Å². The fourth-order valence-corrected chi connectivity index (χ4v) is 3.13. The maximum absolute atomic E-state index is 9.59. The van der Waals surface area contributed by atoms with Gasteiger partial charge in [0.25, 0.3) is 0 Å². The molecular formula is C18H23NO2. The van der Waals surface area contributed by atoms with Crippen LogP contribution in [0.5, 0.6) is 5.75 Å². The average Bonchev–Trinajstić information content (AvgIpc) is 2.49. The fourth-order valence-electron chi connectivity index (χ4n) is 3.13. The molecule has 0 radical (unpaired) electrons. The van der Waals surface area contributed by atoms with Crippen molar-refractivity contribution in [3.8, 4) is 5.75 Å². The SMILES string of the molecule is COc1ccc2cc(C(C)NC3(CO)CCC3)ccc2c1. The third kappa shape index (κ3) is 2.76. The van der Waals surface area contributed by atoms with Crippen molar-refractivity contribution in [2.75, 3.05) is 13.7 Å². The van der Waals surface area contributed by atoms with Gasteiger partial charge in [0.2, 0.25) is 0 Å². The van der Waals surface area contributed by atoms with E-state index in [1.54, 1.807) is 7.11 Å². The Kier molecular flexibility index (Phi) is 3.87. The van der Waals surface area contributed by atoms with Crippen LogP contribution in [0.4, 0.5) is 0 Å². The molecule has 21 heavy (non-hydrogen) atoms. The van der Waals surface area contributed by atoms with Gasteiger partial charge in [-0.3, -0.25) is 0 Å². The van der Waals surface area contributed by atoms with Gasteiger partial charge in [0.05, 0.1) is 13.7 Å². The first-order valence-corrected chi connectivity index (χ1v) is 7.62. The molecule has 0 spiro atoms. The number of hydrogen-bond donors (Lipinski definition) is 2. The van der Waals surface area contributed by atoms with E-state index < -0.39 is 0 Å². The fraction of sp³-hybridized carbons (Fsp3) is 0.444. The van der Waals surface area contributed by atoms with Gasteiger partial charge >= 0.3 is 0 Å². The molecular weight excluding hydrogens is 262 g/mol. The molecule has 0 bridgehead atoms. The minimum atomic E-state index is -0.0612. The van der Waals surface area contributed by atoms with Crippen LogP contribution in [0.2, 0.25) is 0 Å². The second kappa shape index (κ2) is 5.66. The van der Waals surface area contributed by atoms with E-state index in [0.717, 1.165) is 18.6 Å². The number of hydrogen-bond acceptors (Lipinski definition) is 3. The molecule has 3 nitrogen and oxygen atoms in total. The van der Waals surface area contributed by atoms with Crippen molar-refractivity contribution in [3.05, 3.63) is 42.0 Å². The summed E-state index contributed by atoms with van der Waals surface area (Å²) in [5, 5.41) is 15.6. The van der Waals surface area contributed by atoms with Crippen molar-refractivity contribution in [2.24, 2.45) is 0 Å². The second-order valence-electron chi connectivity index (χ2n) is 6.13. The van der Waals surface area contributed by atoms with Gasteiger partial charge < -0.3 is 15.2 Å². The number of aliphatic hydroxyl groups is 1. The topological polar surface area (TPSA) is 41.5 Å². The van der Waals surface area contributed by atoms with Crippen LogP contribution in [0.25, 0.3) is 10.8 Å². The second-order valence-corrected chi connectivity index (χ2v) is 6.13. The van der Waals surface area contributed by atoms with E-state index in [1.165, 1.54) is 22.8 Å². The van der Waals surface area contributed by atoms with Gasteiger partial charge in [0.1, 0.15) is 5.75 Å². The number of ether oxygens (including phenoxy) is 1. The maximum Gasteiger partial charge on any atom is 0.119 e. The van der Waals surface area contributed by atoms with Crippen LogP contribution < -0.4 is 10.1 Å². The normalized spacial score (nSPS) is 18.2. The maximum atomic E-state index is 9.59. The minimum absolute atomic E-state index is 0.0612. The summed E-state index contributed by atoms with van der Waals surface area (Å²) in [6.07, 6.45) is 3.34. The molecule has 1 aliphatic carbocycles. The minimum Gasteiger partial charge on any atom is -0.497 e. The van der Waals surface area contributed by atoms with E-state index in [2.05, 4.69) is 42.6 Å². The zero-order chi connectivity index (χ0) is 14.9. The summed E-state index contributed by atoms with van der Waals surface area (Å²) in [5.41, 5.74) is 1.20. The molecule has 3 heteroatoms. The lowest BCUT2D eigenvalue weighted by Gasteiger charge is -2.43. The van der Waals surface area contributed by atoms with Gasteiger partial charge in [0.15, 0.2) is 0 Å². The first-order valence-electron chi connectivity index (χ1n) is 7.62. The van der Waals surface area contributed by atoms with Crippen molar-refractivity contribution in [2.45, 2.75) is 37.8 Å². The van der Waals surface area contributed by atoms with Crippen LogP contribution in [-0.2, 0) is 0 Å². The lowest BCUT2D eigenvalue weighted by Crippen LogP contribution is -2.54. The largest absolute Gasteiger partial charge is 0.497 e. The standard InChI is InChI=1S/C18H23NO2/c1-13(19-18(12-20)8-3-9-18)14-4-5-16-11-17(21-2)7-6-15(16)10-14/h4-7,10-11,13,19-20H,3,8-9,12H2,1-2H3. The first kappa shape index (κ1) is 14.4. The molecule has 3 rings (SSSR count). The highest BCUT2D eigenvalue weighted by Crippen LogP contribution is 2.34. The van der Waals surface area contributed by atoms with E-state index in [9.17, 15) is 5.11 Å². The summed E-state index contributed by atoms with van der Waals surface area (Å²) in [7, 11) is 1.69. The molecule has 1 atom stereocenters. The summed E-state index contributed by atoms with van der Waals surface area (Å²) in [6, 6.07) is 12.9. The van der Waals surface area contributed by atoms with Crippen molar-refractivity contribution < 1.29 is 9.84 Å². The van der Waals surface area contributed by atoms with Gasteiger partial charge in [0, 0.05) is 11.6 Å². The quantitative estimate of drug-likeness (QED) is 0.884. The molecule has 0 amide bonds. The number of aliphatic hydroxyl groups excluding tert-OH is 1. The molecule has 0 saturated heterocycles. The van der Waals surface area contributed by atoms with E-state index in [1.807, 2.05) is 6.07 Å². The number of fused-ring (bicyclic) bond motifs is 1. The van der Waals surface area contributed by atoms with Gasteiger partial charge in [-0.2, -0.15) is 0 Å². The predicted octanol–water partition coefficient (Wildman–Crippen LogP) is 3.41. The molecule has 1 fully saturated rings. The Hall–Kier alpha value is -1.58. The number of rotatable bonds is 5. The summed E-state index contributed by atoms with van der Waals surface area (Å²) < 4.78 is 5.26. The Morgan fingerprint density at radius 1 is 1.19 bits per heavy atom. The lowest BCUT2D eigenvalue weighted by molar-refractivity contribution is 0.0787. The molecule has 1 saturated carbocycles. The van der Waals surface area contributed by atoms with Gasteiger partial charge in [-0.1, -0.05) is 18.2 Å². The number of nitrogens with one attached hydrogen (secondary N) is 1. The Labute approximate surface area is 125 Å². The molecule has 0 heterocycles. The van der Waals surface area contributed by atoms with Crippen LogP contribution >= 0.6 is 0 Å². The van der Waals surface area contributed by atoms with Crippen LogP contribution in [-0.4, -0.2) is 24.4 Å². The van der Waals surface area contributed by atoms with E-state index in [-0.39, 0.29) is 18.2 Å². The van der Waals surface area contributed by atoms with Crippen molar-refractivity contribution in [3.63, 3.8) is 0 Å². The van der Waals surface area contributed by atoms with Gasteiger partial charge in [-0.05, 0) is 60.7 Å². The highest BCUT2D eigenvalue weighted by atomic mass is 16.5.